The predicted octanol–water partition coefficient (Wildman–Crippen LogP) is 0.0652. The minimum Gasteiger partial charge on any atom is -0.339 e. The Morgan fingerprint density at radius 2 is 1.72 bits per heavy atom. The van der Waals surface area contributed by atoms with Gasteiger partial charge in [-0.25, -0.2) is 0 Å². The number of hydrogen-bond acceptors (Lipinski definition) is 3. The van der Waals surface area contributed by atoms with Gasteiger partial charge in [0, 0.05) is 32.1 Å². The van der Waals surface area contributed by atoms with E-state index in [1.807, 2.05) is 23.6 Å². The number of hydrogen-bond donors (Lipinski definition) is 1. The maximum atomic E-state index is 12.2. The smallest absolute Gasteiger partial charge is 0.239 e. The van der Waals surface area contributed by atoms with Crippen LogP contribution in [0, 0.1) is 5.92 Å². The molecule has 0 aliphatic carbocycles. The van der Waals surface area contributed by atoms with E-state index < -0.39 is 0 Å². The number of nitrogens with zero attached hydrogens (tertiary/aromatic N) is 2. The number of carbonyl (C=O) groups is 2. The molecule has 2 saturated heterocycles. The fourth-order valence-corrected chi connectivity index (χ4v) is 2.63. The molecule has 1 N–H and O–H groups in total. The van der Waals surface area contributed by atoms with Crippen LogP contribution in [0.25, 0.3) is 0 Å². The minimum absolute atomic E-state index is 0.0114. The molecule has 0 bridgehead atoms. The summed E-state index contributed by atoms with van der Waals surface area (Å²) in [5.74, 6) is 0.453. The second-order valence-corrected chi connectivity index (χ2v) is 5.45. The van der Waals surface area contributed by atoms with Crippen molar-refractivity contribution in [1.29, 1.82) is 0 Å². The highest BCUT2D eigenvalue weighted by molar-refractivity contribution is 5.83. The van der Waals surface area contributed by atoms with E-state index in [4.69, 9.17) is 0 Å². The van der Waals surface area contributed by atoms with Crippen molar-refractivity contribution < 1.29 is 9.59 Å². The number of amides is 2. The highest BCUT2D eigenvalue weighted by Crippen LogP contribution is 2.12. The molecule has 0 radical (unpaired) electrons. The van der Waals surface area contributed by atoms with E-state index in [9.17, 15) is 9.59 Å². The second kappa shape index (κ2) is 5.69. The first-order valence-electron chi connectivity index (χ1n) is 6.90. The molecule has 2 fully saturated rings. The molecular weight excluding hydrogens is 230 g/mol. The van der Waals surface area contributed by atoms with Gasteiger partial charge in [-0.15, -0.1) is 0 Å². The van der Waals surface area contributed by atoms with Crippen molar-refractivity contribution in [2.75, 3.05) is 32.7 Å². The van der Waals surface area contributed by atoms with Gasteiger partial charge in [0.2, 0.25) is 11.8 Å². The lowest BCUT2D eigenvalue weighted by molar-refractivity contribution is -0.142. The van der Waals surface area contributed by atoms with Gasteiger partial charge < -0.3 is 15.1 Å². The molecule has 2 rings (SSSR count). The van der Waals surface area contributed by atoms with E-state index in [0.29, 0.717) is 26.2 Å². The largest absolute Gasteiger partial charge is 0.339 e. The van der Waals surface area contributed by atoms with Crippen LogP contribution >= 0.6 is 0 Å². The van der Waals surface area contributed by atoms with Gasteiger partial charge in [0.25, 0.3) is 0 Å². The first-order chi connectivity index (χ1) is 8.59. The maximum Gasteiger partial charge on any atom is 0.239 e. The molecule has 1 atom stereocenters. The molecule has 102 valence electrons. The Kier molecular flexibility index (Phi) is 4.22. The zero-order valence-electron chi connectivity index (χ0n) is 11.3. The normalized spacial score (nSPS) is 24.7. The van der Waals surface area contributed by atoms with Crippen molar-refractivity contribution in [3.8, 4) is 0 Å². The van der Waals surface area contributed by atoms with E-state index in [1.165, 1.54) is 0 Å². The molecule has 18 heavy (non-hydrogen) atoms. The summed E-state index contributed by atoms with van der Waals surface area (Å²) in [6.45, 7) is 7.49. The molecule has 5 heteroatoms. The van der Waals surface area contributed by atoms with E-state index in [0.717, 1.165) is 19.4 Å². The average Bonchev–Trinajstić information content (AvgIpc) is 2.91. The van der Waals surface area contributed by atoms with Crippen LogP contribution in [0.4, 0.5) is 0 Å². The second-order valence-electron chi connectivity index (χ2n) is 5.45. The van der Waals surface area contributed by atoms with Crippen molar-refractivity contribution in [3.63, 3.8) is 0 Å². The lowest BCUT2D eigenvalue weighted by Crippen LogP contribution is -2.54. The van der Waals surface area contributed by atoms with Crippen LogP contribution in [0.15, 0.2) is 0 Å². The summed E-state index contributed by atoms with van der Waals surface area (Å²) < 4.78 is 0. The third-order valence-corrected chi connectivity index (χ3v) is 3.76. The SMILES string of the molecule is CC(C)C(=O)N1CCN(C(=O)C2CCCN2)CC1. The molecule has 0 aromatic heterocycles. The third kappa shape index (κ3) is 2.83. The summed E-state index contributed by atoms with van der Waals surface area (Å²) in [6, 6.07) is 0.0114. The van der Waals surface area contributed by atoms with Crippen LogP contribution in [0.3, 0.4) is 0 Å². The number of nitrogens with one attached hydrogen (secondary N) is 1. The molecule has 0 aromatic rings. The molecule has 0 aromatic carbocycles. The van der Waals surface area contributed by atoms with Crippen molar-refractivity contribution in [2.24, 2.45) is 5.92 Å². The predicted molar refractivity (Wildman–Crippen MR) is 69.0 cm³/mol. The van der Waals surface area contributed by atoms with Crippen LogP contribution in [-0.2, 0) is 9.59 Å². The highest BCUT2D eigenvalue weighted by Gasteiger charge is 2.30. The summed E-state index contributed by atoms with van der Waals surface area (Å²) in [5, 5.41) is 3.23. The summed E-state index contributed by atoms with van der Waals surface area (Å²) in [7, 11) is 0. The Labute approximate surface area is 108 Å². The molecule has 2 heterocycles. The van der Waals surface area contributed by atoms with Crippen LogP contribution in [-0.4, -0.2) is 60.4 Å². The number of rotatable bonds is 2. The molecule has 5 nitrogen and oxygen atoms in total. The van der Waals surface area contributed by atoms with Gasteiger partial charge >= 0.3 is 0 Å². The van der Waals surface area contributed by atoms with Gasteiger partial charge in [-0.05, 0) is 19.4 Å². The van der Waals surface area contributed by atoms with Crippen molar-refractivity contribution in [3.05, 3.63) is 0 Å². The zero-order valence-corrected chi connectivity index (χ0v) is 11.3. The van der Waals surface area contributed by atoms with Crippen molar-refractivity contribution in [1.82, 2.24) is 15.1 Å². The van der Waals surface area contributed by atoms with E-state index in [2.05, 4.69) is 5.32 Å². The van der Waals surface area contributed by atoms with Gasteiger partial charge in [-0.1, -0.05) is 13.8 Å². The summed E-state index contributed by atoms with van der Waals surface area (Å²) in [5.41, 5.74) is 0. The first kappa shape index (κ1) is 13.3. The third-order valence-electron chi connectivity index (χ3n) is 3.76. The lowest BCUT2D eigenvalue weighted by Gasteiger charge is -2.36. The van der Waals surface area contributed by atoms with Gasteiger partial charge in [-0.2, -0.15) is 0 Å². The van der Waals surface area contributed by atoms with Crippen molar-refractivity contribution in [2.45, 2.75) is 32.7 Å². The van der Waals surface area contributed by atoms with E-state index in [-0.39, 0.29) is 23.8 Å². The zero-order chi connectivity index (χ0) is 13.1. The summed E-state index contributed by atoms with van der Waals surface area (Å²) in [4.78, 5) is 27.8. The maximum absolute atomic E-state index is 12.2. The molecular formula is C13H23N3O2. The molecule has 2 amide bonds. The van der Waals surface area contributed by atoms with Gasteiger partial charge in [0.15, 0.2) is 0 Å². The van der Waals surface area contributed by atoms with Crippen LogP contribution in [0.2, 0.25) is 0 Å². The topological polar surface area (TPSA) is 52.7 Å². The van der Waals surface area contributed by atoms with Crippen molar-refractivity contribution >= 4 is 11.8 Å². The first-order valence-corrected chi connectivity index (χ1v) is 6.90. The highest BCUT2D eigenvalue weighted by atomic mass is 16.2. The Morgan fingerprint density at radius 3 is 2.22 bits per heavy atom. The fraction of sp³-hybridized carbons (Fsp3) is 0.846. The Bertz CT molecular complexity index is 316. The average molecular weight is 253 g/mol. The summed E-state index contributed by atoms with van der Waals surface area (Å²) in [6.07, 6.45) is 2.03. The monoisotopic (exact) mass is 253 g/mol. The molecule has 0 spiro atoms. The Hall–Kier alpha value is -1.10. The van der Waals surface area contributed by atoms with Crippen LogP contribution in [0.1, 0.15) is 26.7 Å². The standard InChI is InChI=1S/C13H23N3O2/c1-10(2)12(17)15-6-8-16(9-7-15)13(18)11-4-3-5-14-11/h10-11,14H,3-9H2,1-2H3. The van der Waals surface area contributed by atoms with Gasteiger partial charge in [0.05, 0.1) is 6.04 Å². The molecule has 2 aliphatic rings. The van der Waals surface area contributed by atoms with Gasteiger partial charge in [0.1, 0.15) is 0 Å². The van der Waals surface area contributed by atoms with E-state index in [1.54, 1.807) is 0 Å². The fourth-order valence-electron chi connectivity index (χ4n) is 2.63. The lowest BCUT2D eigenvalue weighted by atomic mass is 10.1. The molecule has 1 unspecified atom stereocenters. The molecule has 0 saturated carbocycles. The molecule has 2 aliphatic heterocycles. The number of carbonyl (C=O) groups excluding carboxylic acids is 2. The van der Waals surface area contributed by atoms with Crippen LogP contribution in [0.5, 0.6) is 0 Å². The number of piperazine rings is 1. The summed E-state index contributed by atoms with van der Waals surface area (Å²) >= 11 is 0. The van der Waals surface area contributed by atoms with Crippen LogP contribution < -0.4 is 5.32 Å². The quantitative estimate of drug-likeness (QED) is 0.757. The van der Waals surface area contributed by atoms with E-state index >= 15 is 0 Å². The van der Waals surface area contributed by atoms with Gasteiger partial charge in [-0.3, -0.25) is 9.59 Å². The Morgan fingerprint density at radius 1 is 1.11 bits per heavy atom. The minimum atomic E-state index is 0.0114. The Balaban J connectivity index is 1.82.